The summed E-state index contributed by atoms with van der Waals surface area (Å²) in [6.45, 7) is 2.33. The zero-order valence-electron chi connectivity index (χ0n) is 9.66. The molecule has 1 atom stereocenters. The lowest BCUT2D eigenvalue weighted by atomic mass is 10.3. The Bertz CT molecular complexity index is 405. The molecule has 0 saturated heterocycles. The highest BCUT2D eigenvalue weighted by atomic mass is 127. The van der Waals surface area contributed by atoms with Crippen molar-refractivity contribution in [3.05, 3.63) is 21.9 Å². The van der Waals surface area contributed by atoms with Gasteiger partial charge in [-0.05, 0) is 18.6 Å². The normalized spacial score (nSPS) is 11.9. The second-order valence-electron chi connectivity index (χ2n) is 3.32. The van der Waals surface area contributed by atoms with Gasteiger partial charge in [-0.25, -0.2) is 0 Å². The molecule has 0 aliphatic carbocycles. The number of nitrogens with one attached hydrogen (secondary N) is 1. The van der Waals surface area contributed by atoms with Gasteiger partial charge in [0, 0.05) is 11.4 Å². The van der Waals surface area contributed by atoms with Crippen LogP contribution in [0.1, 0.15) is 21.5 Å². The Hall–Kier alpha value is -0.630. The molecule has 1 aromatic heterocycles. The van der Waals surface area contributed by atoms with Crippen LogP contribution in [0.5, 0.6) is 0 Å². The number of ether oxygens (including phenoxy) is 1. The number of alkyl halides is 1. The molecule has 1 N–H and O–H groups in total. The van der Waals surface area contributed by atoms with Gasteiger partial charge in [0.1, 0.15) is 3.92 Å². The maximum absolute atomic E-state index is 11.7. The van der Waals surface area contributed by atoms with Gasteiger partial charge in [0.15, 0.2) is 0 Å². The number of methoxy groups -OCH3 is 1. The van der Waals surface area contributed by atoms with E-state index in [1.54, 1.807) is 6.07 Å². The van der Waals surface area contributed by atoms with Crippen LogP contribution in [-0.2, 0) is 16.0 Å². The van der Waals surface area contributed by atoms with E-state index in [9.17, 15) is 9.59 Å². The first kappa shape index (κ1) is 14.4. The van der Waals surface area contributed by atoms with Crippen LogP contribution in [0, 0.1) is 0 Å². The summed E-state index contributed by atoms with van der Waals surface area (Å²) < 4.78 is 4.22. The summed E-state index contributed by atoms with van der Waals surface area (Å²) in [4.78, 5) is 24.7. The van der Waals surface area contributed by atoms with Crippen LogP contribution in [0.25, 0.3) is 0 Å². The fourth-order valence-electron chi connectivity index (χ4n) is 1.17. The van der Waals surface area contributed by atoms with Gasteiger partial charge in [0.05, 0.1) is 12.0 Å². The third-order valence-electron chi connectivity index (χ3n) is 2.13. The zero-order chi connectivity index (χ0) is 12.8. The van der Waals surface area contributed by atoms with Crippen molar-refractivity contribution in [2.45, 2.75) is 17.3 Å². The second kappa shape index (κ2) is 6.95. The number of carbonyl (C=O) groups excluding carboxylic acids is 2. The molecule has 0 aliphatic heterocycles. The number of halogens is 1. The molecule has 0 saturated carbocycles. The van der Waals surface area contributed by atoms with Gasteiger partial charge >= 0.3 is 5.97 Å². The maximum Gasteiger partial charge on any atom is 0.320 e. The Morgan fingerprint density at radius 2 is 2.24 bits per heavy atom. The van der Waals surface area contributed by atoms with E-state index in [0.717, 1.165) is 6.42 Å². The lowest BCUT2D eigenvalue weighted by Crippen LogP contribution is -2.33. The first-order valence-corrected chi connectivity index (χ1v) is 7.23. The Morgan fingerprint density at radius 1 is 1.53 bits per heavy atom. The van der Waals surface area contributed by atoms with Gasteiger partial charge in [0.25, 0.3) is 5.91 Å². The van der Waals surface area contributed by atoms with E-state index >= 15 is 0 Å². The molecular formula is C11H14INO3S. The quantitative estimate of drug-likeness (QED) is 0.492. The number of esters is 1. The molecule has 17 heavy (non-hydrogen) atoms. The summed E-state index contributed by atoms with van der Waals surface area (Å²) in [7, 11) is 1.34. The standard InChI is InChI=1S/C11H14INO3S/c1-3-7-4-5-9(17-7)10(14)13-6-8(12)11(15)16-2/h4-5,8H,3,6H2,1-2H3,(H,13,14). The van der Waals surface area contributed by atoms with Gasteiger partial charge in [-0.3, -0.25) is 9.59 Å². The maximum atomic E-state index is 11.7. The minimum atomic E-state index is -0.354. The predicted molar refractivity (Wildman–Crippen MR) is 75.9 cm³/mol. The fourth-order valence-corrected chi connectivity index (χ4v) is 2.51. The molecule has 0 bridgehead atoms. The SMILES string of the molecule is CCc1ccc(C(=O)NCC(I)C(=O)OC)s1. The number of amides is 1. The molecule has 1 rings (SSSR count). The molecule has 1 aromatic rings. The predicted octanol–water partition coefficient (Wildman–Crippen LogP) is 2.02. The molecule has 1 unspecified atom stereocenters. The van der Waals surface area contributed by atoms with Crippen molar-refractivity contribution < 1.29 is 14.3 Å². The third-order valence-corrected chi connectivity index (χ3v) is 4.31. The summed E-state index contributed by atoms with van der Waals surface area (Å²) in [5.74, 6) is -0.466. The minimum Gasteiger partial charge on any atom is -0.468 e. The summed E-state index contributed by atoms with van der Waals surface area (Å²) in [5, 5.41) is 2.71. The van der Waals surface area contributed by atoms with Gasteiger partial charge in [-0.1, -0.05) is 29.5 Å². The van der Waals surface area contributed by atoms with Crippen LogP contribution >= 0.6 is 33.9 Å². The summed E-state index contributed by atoms with van der Waals surface area (Å²) >= 11 is 3.42. The Balaban J connectivity index is 2.47. The monoisotopic (exact) mass is 367 g/mol. The summed E-state index contributed by atoms with van der Waals surface area (Å²) in [6, 6.07) is 3.75. The van der Waals surface area contributed by atoms with E-state index in [2.05, 4.69) is 10.1 Å². The van der Waals surface area contributed by atoms with Crippen LogP contribution < -0.4 is 5.32 Å². The van der Waals surface area contributed by atoms with Crippen molar-refractivity contribution >= 4 is 45.8 Å². The van der Waals surface area contributed by atoms with E-state index in [0.29, 0.717) is 4.88 Å². The topological polar surface area (TPSA) is 55.4 Å². The van der Waals surface area contributed by atoms with Gasteiger partial charge in [-0.2, -0.15) is 0 Å². The molecule has 0 fully saturated rings. The largest absolute Gasteiger partial charge is 0.468 e. The second-order valence-corrected chi connectivity index (χ2v) is 5.99. The first-order chi connectivity index (χ1) is 8.08. The summed E-state index contributed by atoms with van der Waals surface area (Å²) in [5.41, 5.74) is 0. The number of aryl methyl sites for hydroxylation is 1. The molecular weight excluding hydrogens is 353 g/mol. The van der Waals surface area contributed by atoms with Crippen LogP contribution in [-0.4, -0.2) is 29.5 Å². The molecule has 1 amide bonds. The minimum absolute atomic E-state index is 0.139. The van der Waals surface area contributed by atoms with E-state index in [1.807, 2.05) is 35.6 Å². The molecule has 0 spiro atoms. The number of hydrogen-bond donors (Lipinski definition) is 1. The molecule has 6 heteroatoms. The fraction of sp³-hybridized carbons (Fsp3) is 0.455. The van der Waals surface area contributed by atoms with Crippen LogP contribution in [0.3, 0.4) is 0 Å². The highest BCUT2D eigenvalue weighted by Crippen LogP contribution is 2.16. The number of rotatable bonds is 5. The van der Waals surface area contributed by atoms with Crippen LogP contribution in [0.15, 0.2) is 12.1 Å². The number of thiophene rings is 1. The average Bonchev–Trinajstić information content (AvgIpc) is 2.83. The van der Waals surface area contributed by atoms with E-state index in [4.69, 9.17) is 0 Å². The van der Waals surface area contributed by atoms with Crippen LogP contribution in [0.4, 0.5) is 0 Å². The molecule has 0 aliphatic rings. The average molecular weight is 367 g/mol. The van der Waals surface area contributed by atoms with E-state index < -0.39 is 0 Å². The molecule has 0 aromatic carbocycles. The van der Waals surface area contributed by atoms with Gasteiger partial charge in [0.2, 0.25) is 0 Å². The highest BCUT2D eigenvalue weighted by Gasteiger charge is 2.17. The molecule has 4 nitrogen and oxygen atoms in total. The zero-order valence-corrected chi connectivity index (χ0v) is 12.6. The van der Waals surface area contributed by atoms with Crippen molar-refractivity contribution in [3.8, 4) is 0 Å². The van der Waals surface area contributed by atoms with Crippen molar-refractivity contribution in [2.75, 3.05) is 13.7 Å². The smallest absolute Gasteiger partial charge is 0.320 e. The third kappa shape index (κ3) is 4.27. The van der Waals surface area contributed by atoms with Crippen LogP contribution in [0.2, 0.25) is 0 Å². The van der Waals surface area contributed by atoms with Crippen molar-refractivity contribution in [3.63, 3.8) is 0 Å². The van der Waals surface area contributed by atoms with Gasteiger partial charge in [-0.15, -0.1) is 11.3 Å². The van der Waals surface area contributed by atoms with Crippen molar-refractivity contribution in [1.82, 2.24) is 5.32 Å². The molecule has 94 valence electrons. The van der Waals surface area contributed by atoms with Crippen molar-refractivity contribution in [1.29, 1.82) is 0 Å². The number of hydrogen-bond acceptors (Lipinski definition) is 4. The molecule has 0 radical (unpaired) electrons. The summed E-state index contributed by atoms with van der Waals surface area (Å²) in [6.07, 6.45) is 0.926. The van der Waals surface area contributed by atoms with Gasteiger partial charge < -0.3 is 10.1 Å². The first-order valence-electron chi connectivity index (χ1n) is 5.17. The van der Waals surface area contributed by atoms with E-state index in [1.165, 1.54) is 23.3 Å². The number of carbonyl (C=O) groups is 2. The Morgan fingerprint density at radius 3 is 2.76 bits per heavy atom. The Kier molecular flexibility index (Phi) is 5.90. The highest BCUT2D eigenvalue weighted by molar-refractivity contribution is 14.1. The van der Waals surface area contributed by atoms with E-state index in [-0.39, 0.29) is 22.3 Å². The Labute approximate surface area is 118 Å². The van der Waals surface area contributed by atoms with Crippen molar-refractivity contribution in [2.24, 2.45) is 0 Å². The lowest BCUT2D eigenvalue weighted by Gasteiger charge is -2.08. The lowest BCUT2D eigenvalue weighted by molar-refractivity contribution is -0.139. The molecule has 1 heterocycles.